The third-order valence-electron chi connectivity index (χ3n) is 3.87. The summed E-state index contributed by atoms with van der Waals surface area (Å²) in [7, 11) is 0. The molecule has 3 aromatic rings. The van der Waals surface area contributed by atoms with E-state index in [1.807, 2.05) is 54.1 Å². The minimum atomic E-state index is -0.0916. The Bertz CT molecular complexity index is 820. The molecular weight excluding hydrogens is 274 g/mol. The number of para-hydroxylation sites is 1. The number of fused-ring (bicyclic) bond motifs is 1. The Balaban J connectivity index is 1.99. The van der Waals surface area contributed by atoms with Crippen LogP contribution in [0.5, 0.6) is 0 Å². The molecule has 0 aliphatic heterocycles. The molecule has 112 valence electrons. The van der Waals surface area contributed by atoms with Crippen LogP contribution in [0.15, 0.2) is 48.8 Å². The summed E-state index contributed by atoms with van der Waals surface area (Å²) < 4.78 is 2.00. The quantitative estimate of drug-likeness (QED) is 0.793. The van der Waals surface area contributed by atoms with Crippen molar-refractivity contribution in [1.29, 1.82) is 0 Å². The molecule has 0 spiro atoms. The van der Waals surface area contributed by atoms with Crippen LogP contribution in [0.3, 0.4) is 0 Å². The number of aromatic nitrogens is 2. The zero-order chi connectivity index (χ0) is 15.5. The maximum Gasteiger partial charge on any atom is 0.257 e. The van der Waals surface area contributed by atoms with E-state index >= 15 is 0 Å². The number of nitrogens with zero attached hydrogens (tertiary/aromatic N) is 2. The van der Waals surface area contributed by atoms with Crippen LogP contribution in [0.25, 0.3) is 11.0 Å². The van der Waals surface area contributed by atoms with Gasteiger partial charge in [-0.3, -0.25) is 4.79 Å². The first-order valence-electron chi connectivity index (χ1n) is 7.57. The highest BCUT2D eigenvalue weighted by atomic mass is 16.1. The lowest BCUT2D eigenvalue weighted by atomic mass is 10.1. The van der Waals surface area contributed by atoms with Crippen molar-refractivity contribution in [3.8, 4) is 0 Å². The lowest BCUT2D eigenvalue weighted by molar-refractivity contribution is 0.102. The van der Waals surface area contributed by atoms with Crippen molar-refractivity contribution in [2.75, 3.05) is 5.32 Å². The molecule has 1 aromatic carbocycles. The van der Waals surface area contributed by atoms with Gasteiger partial charge in [-0.2, -0.15) is 0 Å². The van der Waals surface area contributed by atoms with Crippen LogP contribution in [0.2, 0.25) is 0 Å². The lowest BCUT2D eigenvalue weighted by Crippen LogP contribution is -2.12. The van der Waals surface area contributed by atoms with Crippen LogP contribution >= 0.6 is 0 Å². The Morgan fingerprint density at radius 1 is 1.18 bits per heavy atom. The van der Waals surface area contributed by atoms with E-state index in [2.05, 4.69) is 17.2 Å². The Morgan fingerprint density at radius 3 is 2.77 bits per heavy atom. The normalized spacial score (nSPS) is 10.8. The molecule has 2 aromatic heterocycles. The van der Waals surface area contributed by atoms with Crippen LogP contribution in [0.1, 0.15) is 29.8 Å². The zero-order valence-electron chi connectivity index (χ0n) is 12.8. The molecule has 22 heavy (non-hydrogen) atoms. The number of amides is 1. The molecule has 0 atom stereocenters. The van der Waals surface area contributed by atoms with Gasteiger partial charge in [0.05, 0.1) is 5.56 Å². The maximum absolute atomic E-state index is 12.7. The van der Waals surface area contributed by atoms with Gasteiger partial charge in [-0.05, 0) is 37.1 Å². The number of nitrogens with one attached hydrogen (secondary N) is 1. The molecule has 1 N–H and O–H groups in total. The molecule has 2 heterocycles. The molecule has 1 amide bonds. The molecule has 4 heteroatoms. The minimum absolute atomic E-state index is 0.0916. The molecule has 0 radical (unpaired) electrons. The summed E-state index contributed by atoms with van der Waals surface area (Å²) >= 11 is 0. The minimum Gasteiger partial charge on any atom is -0.332 e. The molecule has 0 unspecified atom stereocenters. The molecule has 0 aliphatic rings. The smallest absolute Gasteiger partial charge is 0.257 e. The number of hydrogen-bond donors (Lipinski definition) is 1. The van der Waals surface area contributed by atoms with Crippen molar-refractivity contribution < 1.29 is 4.79 Å². The maximum atomic E-state index is 12.7. The molecule has 0 aliphatic carbocycles. The van der Waals surface area contributed by atoms with Crippen molar-refractivity contribution >= 4 is 22.6 Å². The summed E-state index contributed by atoms with van der Waals surface area (Å²) in [5.41, 5.74) is 3.51. The van der Waals surface area contributed by atoms with Crippen molar-refractivity contribution in [3.05, 3.63) is 59.9 Å². The third-order valence-corrected chi connectivity index (χ3v) is 3.87. The second-order valence-corrected chi connectivity index (χ2v) is 5.17. The van der Waals surface area contributed by atoms with Crippen molar-refractivity contribution in [3.63, 3.8) is 0 Å². The van der Waals surface area contributed by atoms with Gasteiger partial charge in [-0.15, -0.1) is 0 Å². The van der Waals surface area contributed by atoms with Crippen LogP contribution in [0, 0.1) is 0 Å². The van der Waals surface area contributed by atoms with Gasteiger partial charge in [-0.25, -0.2) is 4.98 Å². The first kappa shape index (κ1) is 14.3. The van der Waals surface area contributed by atoms with Gasteiger partial charge in [0.15, 0.2) is 0 Å². The van der Waals surface area contributed by atoms with E-state index in [-0.39, 0.29) is 5.91 Å². The monoisotopic (exact) mass is 293 g/mol. The standard InChI is InChI=1S/C18H19N3O/c1-3-13-8-5-6-10-16(13)20-18(22)15-12-21(4-2)17-14(15)9-7-11-19-17/h5-12H,3-4H2,1-2H3,(H,20,22). The number of hydrogen-bond acceptors (Lipinski definition) is 2. The van der Waals surface area contributed by atoms with Crippen LogP contribution in [-0.2, 0) is 13.0 Å². The predicted octanol–water partition coefficient (Wildman–Crippen LogP) is 3.87. The second-order valence-electron chi connectivity index (χ2n) is 5.17. The lowest BCUT2D eigenvalue weighted by Gasteiger charge is -2.09. The van der Waals surface area contributed by atoms with Crippen molar-refractivity contribution in [2.45, 2.75) is 26.8 Å². The number of carbonyl (C=O) groups excluding carboxylic acids is 1. The number of benzene rings is 1. The summed E-state index contributed by atoms with van der Waals surface area (Å²) in [6.45, 7) is 4.91. The Kier molecular flexibility index (Phi) is 3.92. The average molecular weight is 293 g/mol. The van der Waals surface area contributed by atoms with E-state index in [9.17, 15) is 4.79 Å². The molecule has 0 fully saturated rings. The molecule has 0 saturated heterocycles. The van der Waals surface area contributed by atoms with Crippen LogP contribution in [-0.4, -0.2) is 15.5 Å². The average Bonchev–Trinajstić information content (AvgIpc) is 2.94. The Hall–Kier alpha value is -2.62. The van der Waals surface area contributed by atoms with Gasteiger partial charge >= 0.3 is 0 Å². The van der Waals surface area contributed by atoms with E-state index in [4.69, 9.17) is 0 Å². The van der Waals surface area contributed by atoms with Gasteiger partial charge in [0.1, 0.15) is 5.65 Å². The van der Waals surface area contributed by atoms with Gasteiger partial charge < -0.3 is 9.88 Å². The summed E-state index contributed by atoms with van der Waals surface area (Å²) in [5, 5.41) is 3.91. The Labute approximate surface area is 129 Å². The van der Waals surface area contributed by atoms with E-state index in [0.717, 1.165) is 35.2 Å². The predicted molar refractivity (Wildman–Crippen MR) is 89.2 cm³/mol. The highest BCUT2D eigenvalue weighted by Crippen LogP contribution is 2.22. The SMILES string of the molecule is CCc1ccccc1NC(=O)c1cn(CC)c2ncccc12. The number of carbonyl (C=O) groups is 1. The Morgan fingerprint density at radius 2 is 2.00 bits per heavy atom. The molecule has 4 nitrogen and oxygen atoms in total. The first-order chi connectivity index (χ1) is 10.7. The summed E-state index contributed by atoms with van der Waals surface area (Å²) in [6, 6.07) is 11.7. The fraction of sp³-hybridized carbons (Fsp3) is 0.222. The fourth-order valence-electron chi connectivity index (χ4n) is 2.68. The van der Waals surface area contributed by atoms with Gasteiger partial charge in [0, 0.05) is 30.0 Å². The molecule has 0 saturated carbocycles. The third kappa shape index (κ3) is 2.48. The van der Waals surface area contributed by atoms with Gasteiger partial charge in [0.25, 0.3) is 5.91 Å². The van der Waals surface area contributed by atoms with E-state index in [1.165, 1.54) is 0 Å². The van der Waals surface area contributed by atoms with E-state index in [0.29, 0.717) is 5.56 Å². The van der Waals surface area contributed by atoms with E-state index in [1.54, 1.807) is 6.20 Å². The second kappa shape index (κ2) is 6.02. The number of rotatable bonds is 4. The summed E-state index contributed by atoms with van der Waals surface area (Å²) in [5.74, 6) is -0.0916. The van der Waals surface area contributed by atoms with Crippen molar-refractivity contribution in [1.82, 2.24) is 9.55 Å². The highest BCUT2D eigenvalue weighted by molar-refractivity contribution is 6.12. The topological polar surface area (TPSA) is 46.9 Å². The molecule has 3 rings (SSSR count). The van der Waals surface area contributed by atoms with E-state index < -0.39 is 0 Å². The van der Waals surface area contributed by atoms with Crippen LogP contribution in [0.4, 0.5) is 5.69 Å². The summed E-state index contributed by atoms with van der Waals surface area (Å²) in [6.07, 6.45) is 4.51. The van der Waals surface area contributed by atoms with Crippen molar-refractivity contribution in [2.24, 2.45) is 0 Å². The first-order valence-corrected chi connectivity index (χ1v) is 7.57. The number of aryl methyl sites for hydroxylation is 2. The number of anilines is 1. The van der Waals surface area contributed by atoms with Gasteiger partial charge in [0.2, 0.25) is 0 Å². The highest BCUT2D eigenvalue weighted by Gasteiger charge is 2.16. The number of pyridine rings is 1. The largest absolute Gasteiger partial charge is 0.332 e. The van der Waals surface area contributed by atoms with Gasteiger partial charge in [-0.1, -0.05) is 25.1 Å². The molecule has 0 bridgehead atoms. The fourth-order valence-corrected chi connectivity index (χ4v) is 2.68. The summed E-state index contributed by atoms with van der Waals surface area (Å²) in [4.78, 5) is 17.1. The molecular formula is C18H19N3O. The zero-order valence-corrected chi connectivity index (χ0v) is 12.8. The van der Waals surface area contributed by atoms with Crippen LogP contribution < -0.4 is 5.32 Å².